The average molecular weight is 352 g/mol. The van der Waals surface area contributed by atoms with E-state index in [4.69, 9.17) is 4.74 Å². The molecule has 136 valence electrons. The first kappa shape index (κ1) is 18.0. The lowest BCUT2D eigenvalue weighted by atomic mass is 10.0. The number of anilines is 2. The fraction of sp³-hybridized carbons (Fsp3) is 0.333. The molecule has 2 N–H and O–H groups in total. The normalized spacial score (nSPS) is 14.6. The first-order valence-corrected chi connectivity index (χ1v) is 8.86. The molecule has 1 fully saturated rings. The minimum absolute atomic E-state index is 0.00669. The number of carbonyl (C=O) groups excluding carboxylic acids is 2. The average Bonchev–Trinajstić information content (AvgIpc) is 3.40. The van der Waals surface area contributed by atoms with Gasteiger partial charge in [0.2, 0.25) is 11.8 Å². The Hall–Kier alpha value is -2.82. The molecule has 0 spiro atoms. The molecule has 0 aliphatic heterocycles. The highest BCUT2D eigenvalue weighted by Crippen LogP contribution is 2.48. The first-order chi connectivity index (χ1) is 12.4. The maximum absolute atomic E-state index is 12.8. The van der Waals surface area contributed by atoms with Crippen LogP contribution in [0.5, 0.6) is 5.75 Å². The number of ether oxygens (including phenoxy) is 1. The smallest absolute Gasteiger partial charge is 0.240 e. The van der Waals surface area contributed by atoms with E-state index < -0.39 is 5.41 Å². The number of hydrogen-bond donors (Lipinski definition) is 2. The summed E-state index contributed by atoms with van der Waals surface area (Å²) in [5, 5.41) is 5.72. The van der Waals surface area contributed by atoms with Crippen molar-refractivity contribution in [3.63, 3.8) is 0 Å². The number of aryl methyl sites for hydroxylation is 1. The quantitative estimate of drug-likeness (QED) is 0.768. The fourth-order valence-corrected chi connectivity index (χ4v) is 2.74. The molecule has 26 heavy (non-hydrogen) atoms. The van der Waals surface area contributed by atoms with Gasteiger partial charge >= 0.3 is 0 Å². The zero-order chi connectivity index (χ0) is 18.7. The van der Waals surface area contributed by atoms with Gasteiger partial charge in [-0.25, -0.2) is 0 Å². The monoisotopic (exact) mass is 352 g/mol. The van der Waals surface area contributed by atoms with Crippen molar-refractivity contribution in [1.82, 2.24) is 0 Å². The third kappa shape index (κ3) is 3.87. The van der Waals surface area contributed by atoms with Crippen molar-refractivity contribution in [2.24, 2.45) is 5.41 Å². The first-order valence-electron chi connectivity index (χ1n) is 8.86. The third-order valence-electron chi connectivity index (χ3n) is 4.43. The van der Waals surface area contributed by atoms with Crippen molar-refractivity contribution in [2.45, 2.75) is 39.7 Å². The second kappa shape index (κ2) is 7.20. The van der Waals surface area contributed by atoms with Gasteiger partial charge in [0.05, 0.1) is 11.8 Å². The molecule has 0 unspecified atom stereocenters. The van der Waals surface area contributed by atoms with Crippen LogP contribution in [0.25, 0.3) is 0 Å². The molecule has 5 heteroatoms. The molecule has 2 amide bonds. The summed E-state index contributed by atoms with van der Waals surface area (Å²) in [4.78, 5) is 25.5. The van der Waals surface area contributed by atoms with Crippen LogP contribution in [0.4, 0.5) is 11.4 Å². The largest absolute Gasteiger partial charge is 0.489 e. The van der Waals surface area contributed by atoms with Crippen molar-refractivity contribution in [1.29, 1.82) is 0 Å². The number of hydrogen-bond acceptors (Lipinski definition) is 3. The van der Waals surface area contributed by atoms with Gasteiger partial charge in [-0.2, -0.15) is 0 Å². The van der Waals surface area contributed by atoms with Crippen LogP contribution in [0.2, 0.25) is 0 Å². The van der Waals surface area contributed by atoms with E-state index in [2.05, 4.69) is 10.6 Å². The molecule has 1 aliphatic rings. The maximum atomic E-state index is 12.8. The summed E-state index contributed by atoms with van der Waals surface area (Å²) < 4.78 is 5.73. The number of amides is 2. The number of nitrogens with one attached hydrogen (secondary N) is 2. The molecule has 5 nitrogen and oxygen atoms in total. The Bertz CT molecular complexity index is 808. The summed E-state index contributed by atoms with van der Waals surface area (Å²) in [6.07, 6.45) is 1.08. The van der Waals surface area contributed by atoms with Gasteiger partial charge in [0.15, 0.2) is 0 Å². The van der Waals surface area contributed by atoms with Crippen LogP contribution in [0, 0.1) is 12.3 Å². The highest BCUT2D eigenvalue weighted by atomic mass is 16.5. The SMILES string of the molecule is Cc1ccc(NC(=O)C2(C(=O)Nc3ccccc3OC(C)C)CC2)cc1. The van der Waals surface area contributed by atoms with Gasteiger partial charge < -0.3 is 15.4 Å². The molecule has 0 bridgehead atoms. The molecule has 0 atom stereocenters. The minimum Gasteiger partial charge on any atom is -0.489 e. The Kier molecular flexibility index (Phi) is 4.98. The number of para-hydroxylation sites is 2. The second-order valence-electron chi connectivity index (χ2n) is 7.02. The molecular weight excluding hydrogens is 328 g/mol. The number of benzene rings is 2. The third-order valence-corrected chi connectivity index (χ3v) is 4.43. The van der Waals surface area contributed by atoms with Crippen LogP contribution in [0.1, 0.15) is 32.3 Å². The molecule has 3 rings (SSSR count). The van der Waals surface area contributed by atoms with Crippen molar-refractivity contribution in [2.75, 3.05) is 10.6 Å². The van der Waals surface area contributed by atoms with Gasteiger partial charge in [0, 0.05) is 5.69 Å². The standard InChI is InChI=1S/C21H24N2O3/c1-14(2)26-18-7-5-4-6-17(18)23-20(25)21(12-13-21)19(24)22-16-10-8-15(3)9-11-16/h4-11,14H,12-13H2,1-3H3,(H,22,24)(H,23,25). The fourth-order valence-electron chi connectivity index (χ4n) is 2.74. The van der Waals surface area contributed by atoms with E-state index in [1.165, 1.54) is 0 Å². The van der Waals surface area contributed by atoms with Crippen molar-refractivity contribution in [3.05, 3.63) is 54.1 Å². The lowest BCUT2D eigenvalue weighted by Crippen LogP contribution is -2.35. The van der Waals surface area contributed by atoms with E-state index >= 15 is 0 Å². The Morgan fingerprint density at radius 2 is 1.58 bits per heavy atom. The topological polar surface area (TPSA) is 67.4 Å². The summed E-state index contributed by atoms with van der Waals surface area (Å²) >= 11 is 0. The maximum Gasteiger partial charge on any atom is 0.240 e. The van der Waals surface area contributed by atoms with Gasteiger partial charge in [-0.3, -0.25) is 9.59 Å². The minimum atomic E-state index is -1.00. The molecule has 1 saturated carbocycles. The predicted molar refractivity (Wildman–Crippen MR) is 102 cm³/mol. The molecule has 0 radical (unpaired) electrons. The van der Waals surface area contributed by atoms with Crippen LogP contribution >= 0.6 is 0 Å². The van der Waals surface area contributed by atoms with E-state index in [0.717, 1.165) is 5.56 Å². The zero-order valence-electron chi connectivity index (χ0n) is 15.3. The Morgan fingerprint density at radius 1 is 0.962 bits per heavy atom. The van der Waals surface area contributed by atoms with E-state index in [1.807, 2.05) is 63.2 Å². The molecule has 0 saturated heterocycles. The van der Waals surface area contributed by atoms with Gasteiger partial charge in [0.1, 0.15) is 11.2 Å². The van der Waals surface area contributed by atoms with Crippen LogP contribution in [0.15, 0.2) is 48.5 Å². The Labute approximate surface area is 153 Å². The number of rotatable bonds is 6. The van der Waals surface area contributed by atoms with Crippen LogP contribution < -0.4 is 15.4 Å². The van der Waals surface area contributed by atoms with Gasteiger partial charge in [0.25, 0.3) is 0 Å². The lowest BCUT2D eigenvalue weighted by Gasteiger charge is -2.18. The highest BCUT2D eigenvalue weighted by molar-refractivity contribution is 6.17. The highest BCUT2D eigenvalue weighted by Gasteiger charge is 2.56. The van der Waals surface area contributed by atoms with E-state index in [-0.39, 0.29) is 17.9 Å². The molecule has 2 aromatic carbocycles. The Balaban J connectivity index is 1.71. The van der Waals surface area contributed by atoms with E-state index in [9.17, 15) is 9.59 Å². The molecule has 2 aromatic rings. The van der Waals surface area contributed by atoms with E-state index in [0.29, 0.717) is 30.0 Å². The second-order valence-corrected chi connectivity index (χ2v) is 7.02. The summed E-state index contributed by atoms with van der Waals surface area (Å²) in [6, 6.07) is 14.8. The van der Waals surface area contributed by atoms with Crippen LogP contribution in [-0.2, 0) is 9.59 Å². The van der Waals surface area contributed by atoms with Crippen LogP contribution in [-0.4, -0.2) is 17.9 Å². The number of carbonyl (C=O) groups is 2. The molecule has 1 aliphatic carbocycles. The van der Waals surface area contributed by atoms with Crippen molar-refractivity contribution < 1.29 is 14.3 Å². The summed E-state index contributed by atoms with van der Waals surface area (Å²) in [5.41, 5.74) is 1.39. The zero-order valence-corrected chi connectivity index (χ0v) is 15.3. The summed E-state index contributed by atoms with van der Waals surface area (Å²) in [5.74, 6) is 0.0497. The molecule has 0 heterocycles. The predicted octanol–water partition coefficient (Wildman–Crippen LogP) is 4.14. The van der Waals surface area contributed by atoms with Gasteiger partial charge in [-0.05, 0) is 57.9 Å². The molecule has 0 aromatic heterocycles. The lowest BCUT2D eigenvalue weighted by molar-refractivity contribution is -0.131. The molecular formula is C21H24N2O3. The van der Waals surface area contributed by atoms with Crippen molar-refractivity contribution >= 4 is 23.2 Å². The summed E-state index contributed by atoms with van der Waals surface area (Å²) in [6.45, 7) is 5.84. The van der Waals surface area contributed by atoms with Gasteiger partial charge in [-0.15, -0.1) is 0 Å². The Morgan fingerprint density at radius 3 is 2.19 bits per heavy atom. The summed E-state index contributed by atoms with van der Waals surface area (Å²) in [7, 11) is 0. The van der Waals surface area contributed by atoms with Crippen LogP contribution in [0.3, 0.4) is 0 Å². The van der Waals surface area contributed by atoms with E-state index in [1.54, 1.807) is 6.07 Å². The van der Waals surface area contributed by atoms with Crippen molar-refractivity contribution in [3.8, 4) is 5.75 Å². The van der Waals surface area contributed by atoms with Gasteiger partial charge in [-0.1, -0.05) is 29.8 Å².